The lowest BCUT2D eigenvalue weighted by Gasteiger charge is -2.25. The Bertz CT molecular complexity index is 571. The van der Waals surface area contributed by atoms with Crippen molar-refractivity contribution in [2.75, 3.05) is 14.2 Å². The first kappa shape index (κ1) is 16.2. The molecule has 0 unspecified atom stereocenters. The largest absolute Gasteiger partial charge is 0.467 e. The first-order valence-corrected chi connectivity index (χ1v) is 7.19. The van der Waals surface area contributed by atoms with Crippen LogP contribution in [0.5, 0.6) is 0 Å². The van der Waals surface area contributed by atoms with Gasteiger partial charge >= 0.3 is 5.97 Å². The Hall–Kier alpha value is -2.17. The number of benzene rings is 2. The predicted octanol–water partition coefficient (Wildman–Crippen LogP) is 2.71. The number of esters is 1. The number of hydrogen-bond acceptors (Lipinski definition) is 4. The van der Waals surface area contributed by atoms with Crippen molar-refractivity contribution in [1.82, 2.24) is 5.32 Å². The summed E-state index contributed by atoms with van der Waals surface area (Å²) in [6.45, 7) is 0.636. The summed E-state index contributed by atoms with van der Waals surface area (Å²) in [7, 11) is 2.88. The van der Waals surface area contributed by atoms with Crippen LogP contribution in [-0.4, -0.2) is 26.3 Å². The molecule has 0 spiro atoms. The zero-order chi connectivity index (χ0) is 15.8. The standard InChI is InChI=1S/C18H21NO3/c1-21-17(18(20)22-2)16(15-11-7-4-8-12-15)19-13-14-9-5-3-6-10-14/h3-12,16-17,19H,13H2,1-2H3/t16-,17+/m0/s1. The van der Waals surface area contributed by atoms with Gasteiger partial charge in [0.1, 0.15) is 0 Å². The van der Waals surface area contributed by atoms with E-state index < -0.39 is 12.1 Å². The SMILES string of the molecule is COC(=O)[C@H](OC)[C@@H](NCc1ccccc1)c1ccccc1. The van der Waals surface area contributed by atoms with Gasteiger partial charge in [-0.05, 0) is 11.1 Å². The average molecular weight is 299 g/mol. The van der Waals surface area contributed by atoms with E-state index in [4.69, 9.17) is 9.47 Å². The maximum atomic E-state index is 12.0. The molecule has 0 saturated carbocycles. The van der Waals surface area contributed by atoms with E-state index in [1.807, 2.05) is 60.7 Å². The van der Waals surface area contributed by atoms with E-state index in [2.05, 4.69) is 5.32 Å². The van der Waals surface area contributed by atoms with Crippen molar-refractivity contribution in [3.05, 3.63) is 71.8 Å². The summed E-state index contributed by atoms with van der Waals surface area (Å²) in [5.74, 6) is -0.392. The molecule has 0 aliphatic carbocycles. The molecule has 0 aromatic heterocycles. The molecule has 2 rings (SSSR count). The van der Waals surface area contributed by atoms with Gasteiger partial charge in [-0.25, -0.2) is 4.79 Å². The number of rotatable bonds is 7. The summed E-state index contributed by atoms with van der Waals surface area (Å²) in [5.41, 5.74) is 2.12. The van der Waals surface area contributed by atoms with Crippen LogP contribution in [0.15, 0.2) is 60.7 Å². The lowest BCUT2D eigenvalue weighted by atomic mass is 10.0. The second-order valence-corrected chi connectivity index (χ2v) is 4.93. The lowest BCUT2D eigenvalue weighted by Crippen LogP contribution is -2.39. The van der Waals surface area contributed by atoms with Crippen molar-refractivity contribution in [3.8, 4) is 0 Å². The van der Waals surface area contributed by atoms with Crippen LogP contribution in [0.3, 0.4) is 0 Å². The van der Waals surface area contributed by atoms with Gasteiger partial charge in [0.15, 0.2) is 6.10 Å². The normalized spacial score (nSPS) is 13.4. The highest BCUT2D eigenvalue weighted by Gasteiger charge is 2.30. The second-order valence-electron chi connectivity index (χ2n) is 4.93. The maximum Gasteiger partial charge on any atom is 0.336 e. The molecule has 0 amide bonds. The van der Waals surface area contributed by atoms with Crippen LogP contribution in [0.25, 0.3) is 0 Å². The molecule has 116 valence electrons. The number of carbonyl (C=O) groups is 1. The smallest absolute Gasteiger partial charge is 0.336 e. The van der Waals surface area contributed by atoms with Gasteiger partial charge in [-0.2, -0.15) is 0 Å². The molecule has 1 N–H and O–H groups in total. The number of methoxy groups -OCH3 is 2. The highest BCUT2D eigenvalue weighted by Crippen LogP contribution is 2.20. The van der Waals surface area contributed by atoms with Crippen LogP contribution in [0.2, 0.25) is 0 Å². The molecule has 2 aromatic rings. The fourth-order valence-electron chi connectivity index (χ4n) is 2.37. The first-order valence-electron chi connectivity index (χ1n) is 7.19. The van der Waals surface area contributed by atoms with Gasteiger partial charge in [0.2, 0.25) is 0 Å². The molecular weight excluding hydrogens is 278 g/mol. The molecule has 0 bridgehead atoms. The Morgan fingerprint density at radius 1 is 1.00 bits per heavy atom. The van der Waals surface area contributed by atoms with E-state index >= 15 is 0 Å². The third-order valence-corrected chi connectivity index (χ3v) is 3.52. The van der Waals surface area contributed by atoms with Crippen LogP contribution in [-0.2, 0) is 20.8 Å². The molecule has 4 nitrogen and oxygen atoms in total. The topological polar surface area (TPSA) is 47.6 Å². The van der Waals surface area contributed by atoms with Gasteiger partial charge in [0, 0.05) is 13.7 Å². The molecule has 0 aliphatic rings. The highest BCUT2D eigenvalue weighted by molar-refractivity contribution is 5.75. The van der Waals surface area contributed by atoms with Crippen LogP contribution in [0, 0.1) is 0 Å². The van der Waals surface area contributed by atoms with Crippen LogP contribution in [0.1, 0.15) is 17.2 Å². The number of hydrogen-bond donors (Lipinski definition) is 1. The Labute approximate surface area is 131 Å². The van der Waals surface area contributed by atoms with Crippen molar-refractivity contribution in [3.63, 3.8) is 0 Å². The van der Waals surface area contributed by atoms with Crippen molar-refractivity contribution in [2.45, 2.75) is 18.7 Å². The first-order chi connectivity index (χ1) is 10.8. The van der Waals surface area contributed by atoms with Crippen molar-refractivity contribution >= 4 is 5.97 Å². The molecule has 22 heavy (non-hydrogen) atoms. The lowest BCUT2D eigenvalue weighted by molar-refractivity contribution is -0.154. The van der Waals surface area contributed by atoms with Crippen molar-refractivity contribution in [2.24, 2.45) is 0 Å². The Kier molecular flexibility index (Phi) is 6.13. The Morgan fingerprint density at radius 2 is 1.59 bits per heavy atom. The zero-order valence-electron chi connectivity index (χ0n) is 12.9. The second kappa shape index (κ2) is 8.32. The summed E-state index contributed by atoms with van der Waals surface area (Å²) in [4.78, 5) is 12.0. The van der Waals surface area contributed by atoms with Crippen LogP contribution >= 0.6 is 0 Å². The van der Waals surface area contributed by atoms with E-state index in [0.29, 0.717) is 6.54 Å². The molecule has 2 atom stereocenters. The Morgan fingerprint density at radius 3 is 2.14 bits per heavy atom. The molecular formula is C18H21NO3. The van der Waals surface area contributed by atoms with E-state index in [0.717, 1.165) is 11.1 Å². The number of ether oxygens (including phenoxy) is 2. The minimum Gasteiger partial charge on any atom is -0.467 e. The van der Waals surface area contributed by atoms with Crippen LogP contribution in [0.4, 0.5) is 0 Å². The third kappa shape index (κ3) is 4.16. The third-order valence-electron chi connectivity index (χ3n) is 3.52. The van der Waals surface area contributed by atoms with Gasteiger partial charge in [-0.1, -0.05) is 60.7 Å². The molecule has 0 fully saturated rings. The van der Waals surface area contributed by atoms with E-state index in [-0.39, 0.29) is 6.04 Å². The van der Waals surface area contributed by atoms with E-state index in [1.165, 1.54) is 14.2 Å². The number of carbonyl (C=O) groups excluding carboxylic acids is 1. The van der Waals surface area contributed by atoms with Gasteiger partial charge < -0.3 is 14.8 Å². The summed E-state index contributed by atoms with van der Waals surface area (Å²) in [5, 5.41) is 3.39. The summed E-state index contributed by atoms with van der Waals surface area (Å²) < 4.78 is 10.2. The molecule has 0 heterocycles. The molecule has 0 aliphatic heterocycles. The molecule has 2 aromatic carbocycles. The fraction of sp³-hybridized carbons (Fsp3) is 0.278. The van der Waals surface area contributed by atoms with Gasteiger partial charge in [-0.15, -0.1) is 0 Å². The predicted molar refractivity (Wildman–Crippen MR) is 85.3 cm³/mol. The Balaban J connectivity index is 2.19. The summed E-state index contributed by atoms with van der Waals surface area (Å²) in [6.07, 6.45) is -0.698. The van der Waals surface area contributed by atoms with Gasteiger partial charge in [0.05, 0.1) is 13.2 Å². The van der Waals surface area contributed by atoms with E-state index in [9.17, 15) is 4.79 Å². The number of nitrogens with one attached hydrogen (secondary N) is 1. The van der Waals surface area contributed by atoms with Crippen molar-refractivity contribution < 1.29 is 14.3 Å². The summed E-state index contributed by atoms with van der Waals surface area (Å²) >= 11 is 0. The quantitative estimate of drug-likeness (QED) is 0.799. The maximum absolute atomic E-state index is 12.0. The molecule has 4 heteroatoms. The highest BCUT2D eigenvalue weighted by atomic mass is 16.6. The van der Waals surface area contributed by atoms with E-state index in [1.54, 1.807) is 0 Å². The molecule has 0 radical (unpaired) electrons. The van der Waals surface area contributed by atoms with Crippen LogP contribution < -0.4 is 5.32 Å². The monoisotopic (exact) mass is 299 g/mol. The van der Waals surface area contributed by atoms with Crippen molar-refractivity contribution in [1.29, 1.82) is 0 Å². The van der Waals surface area contributed by atoms with Gasteiger partial charge in [0.25, 0.3) is 0 Å². The minimum atomic E-state index is -0.698. The molecule has 0 saturated heterocycles. The minimum absolute atomic E-state index is 0.279. The van der Waals surface area contributed by atoms with Gasteiger partial charge in [-0.3, -0.25) is 0 Å². The summed E-state index contributed by atoms with van der Waals surface area (Å²) in [6, 6.07) is 19.5. The fourth-order valence-corrected chi connectivity index (χ4v) is 2.37. The average Bonchev–Trinajstić information content (AvgIpc) is 2.59. The zero-order valence-corrected chi connectivity index (χ0v) is 12.9.